The molecule has 0 radical (unpaired) electrons. The number of hydrogen-bond donors (Lipinski definition) is 2. The quantitative estimate of drug-likeness (QED) is 0.607. The number of nitrogens with zero attached hydrogens (tertiary/aromatic N) is 4. The van der Waals surface area contributed by atoms with Gasteiger partial charge in [0.25, 0.3) is 0 Å². The minimum atomic E-state index is -3.35. The second-order valence-electron chi connectivity index (χ2n) is 7.51. The monoisotopic (exact) mass is 467 g/mol. The number of aliphatic hydroxyl groups is 1. The van der Waals surface area contributed by atoms with Crippen LogP contribution in [0.3, 0.4) is 0 Å². The molecule has 1 aromatic carbocycles. The highest BCUT2D eigenvalue weighted by Crippen LogP contribution is 2.33. The number of fused-ring (bicyclic) bond motifs is 1. The van der Waals surface area contributed by atoms with Gasteiger partial charge in [0.15, 0.2) is 9.84 Å². The van der Waals surface area contributed by atoms with E-state index < -0.39 is 21.7 Å². The molecule has 10 nitrogen and oxygen atoms in total. The zero-order chi connectivity index (χ0) is 22.2. The average Bonchev–Trinajstić information content (AvgIpc) is 3.20. The van der Waals surface area contributed by atoms with Crippen LogP contribution in [0.25, 0.3) is 5.69 Å². The topological polar surface area (TPSA) is 125 Å². The van der Waals surface area contributed by atoms with Crippen LogP contribution in [0.5, 0.6) is 0 Å². The molecule has 0 spiro atoms. The van der Waals surface area contributed by atoms with E-state index in [1.807, 2.05) is 4.90 Å². The minimum absolute atomic E-state index is 0.0376. The number of carbonyl (C=O) groups is 2. The molecule has 4 rings (SSSR count). The molecule has 2 amide bonds. The molecular formula is C19H22ClN5O5S. The van der Waals surface area contributed by atoms with Gasteiger partial charge in [-0.1, -0.05) is 17.7 Å². The molecule has 166 valence electrons. The number of piperazine rings is 1. The fourth-order valence-electron chi connectivity index (χ4n) is 3.79. The van der Waals surface area contributed by atoms with Crippen LogP contribution in [0.4, 0.5) is 5.82 Å². The number of aliphatic hydroxyl groups excluding tert-OH is 1. The van der Waals surface area contributed by atoms with Crippen molar-refractivity contribution in [3.05, 3.63) is 40.5 Å². The maximum absolute atomic E-state index is 12.8. The molecule has 12 heteroatoms. The van der Waals surface area contributed by atoms with Crippen molar-refractivity contribution in [1.29, 1.82) is 0 Å². The Labute approximate surface area is 184 Å². The Morgan fingerprint density at radius 2 is 1.90 bits per heavy atom. The van der Waals surface area contributed by atoms with E-state index in [1.54, 1.807) is 24.3 Å². The average molecular weight is 468 g/mol. The van der Waals surface area contributed by atoms with Crippen molar-refractivity contribution in [1.82, 2.24) is 19.6 Å². The van der Waals surface area contributed by atoms with E-state index in [4.69, 9.17) is 16.7 Å². The van der Waals surface area contributed by atoms with Gasteiger partial charge in [-0.15, -0.1) is 0 Å². The highest BCUT2D eigenvalue weighted by molar-refractivity contribution is 7.90. The van der Waals surface area contributed by atoms with Gasteiger partial charge in [0.2, 0.25) is 0 Å². The third kappa shape index (κ3) is 4.59. The Balaban J connectivity index is 1.57. The molecule has 2 aliphatic rings. The van der Waals surface area contributed by atoms with Gasteiger partial charge < -0.3 is 15.3 Å². The van der Waals surface area contributed by atoms with Crippen LogP contribution < -0.4 is 5.32 Å². The summed E-state index contributed by atoms with van der Waals surface area (Å²) in [5, 5.41) is 16.4. The number of anilines is 1. The molecule has 0 atom stereocenters. The van der Waals surface area contributed by atoms with Gasteiger partial charge in [-0.3, -0.25) is 14.5 Å². The van der Waals surface area contributed by atoms with E-state index in [2.05, 4.69) is 10.4 Å². The Hall–Kier alpha value is -2.47. The summed E-state index contributed by atoms with van der Waals surface area (Å²) in [7, 11) is -3.35. The fourth-order valence-corrected chi connectivity index (χ4v) is 5.46. The van der Waals surface area contributed by atoms with E-state index in [1.165, 1.54) is 9.58 Å². The van der Waals surface area contributed by atoms with Crippen LogP contribution in [0.1, 0.15) is 11.3 Å². The minimum Gasteiger partial charge on any atom is -0.395 e. The van der Waals surface area contributed by atoms with Crippen LogP contribution in [0.15, 0.2) is 24.3 Å². The molecule has 2 aromatic rings. The second-order valence-corrected chi connectivity index (χ2v) is 10.0. The fraction of sp³-hybridized carbons (Fsp3) is 0.421. The second kappa shape index (κ2) is 8.58. The van der Waals surface area contributed by atoms with Gasteiger partial charge in [-0.25, -0.2) is 13.1 Å². The third-order valence-electron chi connectivity index (χ3n) is 5.34. The standard InChI is InChI=1S/C19H22ClN5O5S/c20-13-2-1-3-14(10-13)25-17(15-11-31(29,30)12-16(15)22-25)21-18(27)19(28)24-6-4-23(5-7-24)8-9-26/h1-3,10,26H,4-9,11-12H2,(H,21,27). The van der Waals surface area contributed by atoms with Gasteiger partial charge in [0.05, 0.1) is 29.5 Å². The van der Waals surface area contributed by atoms with Crippen LogP contribution in [-0.4, -0.2) is 84.2 Å². The molecule has 2 N–H and O–H groups in total. The van der Waals surface area contributed by atoms with Crippen molar-refractivity contribution in [3.63, 3.8) is 0 Å². The van der Waals surface area contributed by atoms with Crippen molar-refractivity contribution in [2.24, 2.45) is 0 Å². The molecule has 0 aliphatic carbocycles. The first-order valence-corrected chi connectivity index (χ1v) is 12.0. The maximum atomic E-state index is 12.8. The number of benzene rings is 1. The maximum Gasteiger partial charge on any atom is 0.315 e. The first-order chi connectivity index (χ1) is 14.8. The van der Waals surface area contributed by atoms with Crippen molar-refractivity contribution >= 4 is 39.1 Å². The Bertz CT molecular complexity index is 1120. The largest absolute Gasteiger partial charge is 0.395 e. The molecule has 2 aliphatic heterocycles. The van der Waals surface area contributed by atoms with Crippen LogP contribution in [0.2, 0.25) is 5.02 Å². The molecule has 0 unspecified atom stereocenters. The van der Waals surface area contributed by atoms with Crippen molar-refractivity contribution in [2.75, 3.05) is 44.6 Å². The summed E-state index contributed by atoms with van der Waals surface area (Å²) in [4.78, 5) is 28.9. The van der Waals surface area contributed by atoms with E-state index >= 15 is 0 Å². The van der Waals surface area contributed by atoms with Crippen molar-refractivity contribution < 1.29 is 23.1 Å². The number of carbonyl (C=O) groups excluding carboxylic acids is 2. The molecular weight excluding hydrogens is 446 g/mol. The number of halogens is 1. The summed E-state index contributed by atoms with van der Waals surface area (Å²) in [5.74, 6) is -1.87. The normalized spacial score (nSPS) is 18.1. The van der Waals surface area contributed by atoms with Gasteiger partial charge in [-0.2, -0.15) is 5.10 Å². The number of hydrogen-bond acceptors (Lipinski definition) is 7. The summed E-state index contributed by atoms with van der Waals surface area (Å²) < 4.78 is 25.6. The number of sulfone groups is 1. The Morgan fingerprint density at radius 1 is 1.16 bits per heavy atom. The molecule has 0 saturated carbocycles. The molecule has 1 fully saturated rings. The molecule has 0 bridgehead atoms. The van der Waals surface area contributed by atoms with Gasteiger partial charge in [-0.05, 0) is 18.2 Å². The van der Waals surface area contributed by atoms with Gasteiger partial charge >= 0.3 is 11.8 Å². The van der Waals surface area contributed by atoms with Crippen molar-refractivity contribution in [2.45, 2.75) is 11.5 Å². The van der Waals surface area contributed by atoms with Crippen molar-refractivity contribution in [3.8, 4) is 5.69 Å². The first-order valence-electron chi connectivity index (χ1n) is 9.78. The van der Waals surface area contributed by atoms with Crippen LogP contribution in [-0.2, 0) is 30.9 Å². The zero-order valence-corrected chi connectivity index (χ0v) is 18.2. The zero-order valence-electron chi connectivity index (χ0n) is 16.6. The predicted molar refractivity (Wildman–Crippen MR) is 114 cm³/mol. The summed E-state index contributed by atoms with van der Waals surface area (Å²) in [6.07, 6.45) is 0. The lowest BCUT2D eigenvalue weighted by molar-refractivity contribution is -0.144. The molecule has 3 heterocycles. The van der Waals surface area contributed by atoms with Crippen LogP contribution >= 0.6 is 11.6 Å². The third-order valence-corrected chi connectivity index (χ3v) is 7.02. The van der Waals surface area contributed by atoms with E-state index in [0.717, 1.165) is 0 Å². The molecule has 1 aromatic heterocycles. The smallest absolute Gasteiger partial charge is 0.315 e. The number of rotatable bonds is 4. The first kappa shape index (κ1) is 21.8. The lowest BCUT2D eigenvalue weighted by Gasteiger charge is -2.33. The number of β-amino-alcohol motifs (C(OH)–C–C–N with tert-alkyl or cyclic N) is 1. The lowest BCUT2D eigenvalue weighted by Crippen LogP contribution is -2.52. The highest BCUT2D eigenvalue weighted by atomic mass is 35.5. The predicted octanol–water partition coefficient (Wildman–Crippen LogP) is 0.0291. The van der Waals surface area contributed by atoms with Gasteiger partial charge in [0, 0.05) is 43.3 Å². The number of nitrogens with one attached hydrogen (secondary N) is 1. The Kier molecular flexibility index (Phi) is 6.02. The summed E-state index contributed by atoms with van der Waals surface area (Å²) >= 11 is 6.07. The van der Waals surface area contributed by atoms with E-state index in [-0.39, 0.29) is 23.9 Å². The van der Waals surface area contributed by atoms with E-state index in [9.17, 15) is 18.0 Å². The lowest BCUT2D eigenvalue weighted by atomic mass is 10.2. The molecule has 1 saturated heterocycles. The van der Waals surface area contributed by atoms with E-state index in [0.29, 0.717) is 54.7 Å². The summed E-state index contributed by atoms with van der Waals surface area (Å²) in [6.45, 7) is 2.42. The number of amides is 2. The number of aromatic nitrogens is 2. The van der Waals surface area contributed by atoms with Crippen LogP contribution in [0, 0.1) is 0 Å². The molecule has 31 heavy (non-hydrogen) atoms. The summed E-state index contributed by atoms with van der Waals surface area (Å²) in [5.41, 5.74) is 1.27. The SMILES string of the molecule is O=C(Nc1c2c(nn1-c1cccc(Cl)c1)CS(=O)(=O)C2)C(=O)N1CCN(CCO)CC1. The summed E-state index contributed by atoms with van der Waals surface area (Å²) in [6, 6.07) is 6.76. The van der Waals surface area contributed by atoms with Gasteiger partial charge in [0.1, 0.15) is 5.82 Å². The highest BCUT2D eigenvalue weighted by Gasteiger charge is 2.35. The Morgan fingerprint density at radius 3 is 2.58 bits per heavy atom.